The van der Waals surface area contributed by atoms with Crippen LogP contribution < -0.4 is 20.5 Å². The molecule has 0 aliphatic carbocycles. The van der Waals surface area contributed by atoms with Gasteiger partial charge >= 0.3 is 11.8 Å². The summed E-state index contributed by atoms with van der Waals surface area (Å²) in [6.45, 7) is 5.38. The molecule has 1 aromatic heterocycles. The Bertz CT molecular complexity index is 1050. The van der Waals surface area contributed by atoms with Crippen molar-refractivity contribution in [3.63, 3.8) is 0 Å². The maximum Gasteiger partial charge on any atom is 0.444 e. The second-order valence-corrected chi connectivity index (χ2v) is 6.66. The lowest BCUT2D eigenvalue weighted by atomic mass is 10.3. The Balaban J connectivity index is 1.38. The average molecular weight is 418 g/mol. The van der Waals surface area contributed by atoms with Crippen LogP contribution in [0.4, 0.5) is 8.78 Å². The lowest BCUT2D eigenvalue weighted by Gasteiger charge is -2.26. The highest BCUT2D eigenvalue weighted by Crippen LogP contribution is 2.23. The highest BCUT2D eigenvalue weighted by Gasteiger charge is 2.15. The number of benzene rings is 2. The number of halogens is 2. The fourth-order valence-corrected chi connectivity index (χ4v) is 3.03. The summed E-state index contributed by atoms with van der Waals surface area (Å²) in [7, 11) is 0. The van der Waals surface area contributed by atoms with Gasteiger partial charge in [-0.1, -0.05) is 5.10 Å². The van der Waals surface area contributed by atoms with E-state index in [1.165, 1.54) is 0 Å². The van der Waals surface area contributed by atoms with Crippen LogP contribution >= 0.6 is 0 Å². The Morgan fingerprint density at radius 3 is 2.60 bits per heavy atom. The summed E-state index contributed by atoms with van der Waals surface area (Å²) in [4.78, 5) is 14.4. The van der Waals surface area contributed by atoms with Crippen LogP contribution in [0.5, 0.6) is 17.6 Å². The van der Waals surface area contributed by atoms with Crippen molar-refractivity contribution in [2.75, 3.05) is 39.3 Å². The molecule has 0 atom stereocenters. The predicted octanol–water partition coefficient (Wildman–Crippen LogP) is 2.18. The standard InChI is InChI=1S/C20H20F2N4O4/c21-14-1-6-18(17(22)13-14)29-19-24-26(20(27)30-19)15-2-4-16(5-3-15)28-12-11-25-9-7-23-8-10-25/h1-6,13,23H,7-12H2. The van der Waals surface area contributed by atoms with Crippen molar-refractivity contribution in [3.8, 4) is 23.3 Å². The summed E-state index contributed by atoms with van der Waals surface area (Å²) in [5.74, 6) is -2.13. The molecule has 3 aromatic rings. The third kappa shape index (κ3) is 4.84. The van der Waals surface area contributed by atoms with E-state index in [0.29, 0.717) is 24.1 Å². The number of aromatic nitrogens is 2. The zero-order valence-corrected chi connectivity index (χ0v) is 16.0. The third-order valence-corrected chi connectivity index (χ3v) is 4.59. The molecule has 1 fully saturated rings. The summed E-state index contributed by atoms with van der Waals surface area (Å²) >= 11 is 0. The van der Waals surface area contributed by atoms with Gasteiger partial charge in [-0.15, -0.1) is 0 Å². The smallest absolute Gasteiger partial charge is 0.444 e. The predicted molar refractivity (Wildman–Crippen MR) is 103 cm³/mol. The highest BCUT2D eigenvalue weighted by molar-refractivity contribution is 5.36. The van der Waals surface area contributed by atoms with E-state index in [1.54, 1.807) is 24.3 Å². The van der Waals surface area contributed by atoms with E-state index in [-0.39, 0.29) is 5.75 Å². The molecule has 0 bridgehead atoms. The minimum absolute atomic E-state index is 0.307. The van der Waals surface area contributed by atoms with Gasteiger partial charge in [0.2, 0.25) is 0 Å². The topological polar surface area (TPSA) is 81.8 Å². The van der Waals surface area contributed by atoms with Crippen molar-refractivity contribution < 1.29 is 22.7 Å². The number of hydrogen-bond donors (Lipinski definition) is 1. The second-order valence-electron chi connectivity index (χ2n) is 6.66. The van der Waals surface area contributed by atoms with Crippen LogP contribution in [0.15, 0.2) is 51.7 Å². The highest BCUT2D eigenvalue weighted by atomic mass is 19.1. The first-order valence-electron chi connectivity index (χ1n) is 9.48. The normalized spacial score (nSPS) is 14.6. The van der Waals surface area contributed by atoms with E-state index in [0.717, 1.165) is 49.5 Å². The molecule has 0 saturated carbocycles. The largest absolute Gasteiger partial charge is 0.492 e. The second kappa shape index (κ2) is 9.06. The third-order valence-electron chi connectivity index (χ3n) is 4.59. The Morgan fingerprint density at radius 1 is 1.10 bits per heavy atom. The van der Waals surface area contributed by atoms with Crippen LogP contribution in [0.1, 0.15) is 0 Å². The van der Waals surface area contributed by atoms with Crippen molar-refractivity contribution in [3.05, 3.63) is 64.6 Å². The van der Waals surface area contributed by atoms with Crippen molar-refractivity contribution in [1.82, 2.24) is 20.0 Å². The lowest BCUT2D eigenvalue weighted by molar-refractivity contribution is 0.191. The van der Waals surface area contributed by atoms with Gasteiger partial charge in [0.25, 0.3) is 0 Å². The van der Waals surface area contributed by atoms with Crippen LogP contribution in [0.2, 0.25) is 0 Å². The molecule has 2 aromatic carbocycles. The maximum absolute atomic E-state index is 13.7. The number of piperazine rings is 1. The number of hydrogen-bond acceptors (Lipinski definition) is 7. The van der Waals surface area contributed by atoms with Gasteiger partial charge in [0.1, 0.15) is 18.2 Å². The van der Waals surface area contributed by atoms with Crippen LogP contribution in [0.3, 0.4) is 0 Å². The molecule has 0 radical (unpaired) electrons. The molecule has 1 aliphatic heterocycles. The van der Waals surface area contributed by atoms with E-state index in [9.17, 15) is 13.6 Å². The van der Waals surface area contributed by atoms with Gasteiger partial charge in [0, 0.05) is 38.8 Å². The van der Waals surface area contributed by atoms with Gasteiger partial charge < -0.3 is 19.2 Å². The SMILES string of the molecule is O=c1oc(Oc2ccc(F)cc2F)nn1-c1ccc(OCCN2CCNCC2)cc1. The molecule has 0 unspecified atom stereocenters. The Kier molecular flexibility index (Phi) is 6.05. The minimum atomic E-state index is -0.936. The molecular formula is C20H20F2N4O4. The molecule has 1 N–H and O–H groups in total. The molecule has 8 nitrogen and oxygen atoms in total. The summed E-state index contributed by atoms with van der Waals surface area (Å²) in [5, 5.41) is 7.20. The van der Waals surface area contributed by atoms with E-state index in [1.807, 2.05) is 0 Å². The summed E-state index contributed by atoms with van der Waals surface area (Å²) in [6, 6.07) is 9.48. The van der Waals surface area contributed by atoms with Gasteiger partial charge in [0.05, 0.1) is 5.69 Å². The van der Waals surface area contributed by atoms with E-state index in [2.05, 4.69) is 15.3 Å². The summed E-state index contributed by atoms with van der Waals surface area (Å²) < 4.78 is 43.4. The fourth-order valence-electron chi connectivity index (χ4n) is 3.03. The van der Waals surface area contributed by atoms with E-state index < -0.39 is 23.5 Å². The van der Waals surface area contributed by atoms with Crippen molar-refractivity contribution in [2.45, 2.75) is 0 Å². The Morgan fingerprint density at radius 2 is 1.87 bits per heavy atom. The molecule has 2 heterocycles. The van der Waals surface area contributed by atoms with Crippen LogP contribution in [0.25, 0.3) is 5.69 Å². The Hall–Kier alpha value is -3.24. The first-order valence-corrected chi connectivity index (χ1v) is 9.48. The first-order chi connectivity index (χ1) is 14.6. The molecule has 30 heavy (non-hydrogen) atoms. The summed E-state index contributed by atoms with van der Waals surface area (Å²) in [5.41, 5.74) is 0.424. The van der Waals surface area contributed by atoms with E-state index in [4.69, 9.17) is 13.9 Å². The fraction of sp³-hybridized carbons (Fsp3) is 0.300. The molecule has 0 amide bonds. The van der Waals surface area contributed by atoms with Crippen molar-refractivity contribution in [1.29, 1.82) is 0 Å². The quantitative estimate of drug-likeness (QED) is 0.630. The minimum Gasteiger partial charge on any atom is -0.492 e. The van der Waals surface area contributed by atoms with Gasteiger partial charge in [-0.3, -0.25) is 4.90 Å². The van der Waals surface area contributed by atoms with Gasteiger partial charge in [-0.05, 0) is 36.4 Å². The molecule has 10 heteroatoms. The molecule has 4 rings (SSSR count). The maximum atomic E-state index is 13.7. The van der Waals surface area contributed by atoms with Crippen LogP contribution in [-0.4, -0.2) is 54.0 Å². The molecular weight excluding hydrogens is 398 g/mol. The molecule has 158 valence electrons. The van der Waals surface area contributed by atoms with Crippen LogP contribution in [0, 0.1) is 11.6 Å². The first kappa shape index (κ1) is 20.0. The number of nitrogens with one attached hydrogen (secondary N) is 1. The average Bonchev–Trinajstić information content (AvgIpc) is 3.11. The zero-order valence-electron chi connectivity index (χ0n) is 16.0. The van der Waals surface area contributed by atoms with Gasteiger partial charge in [-0.2, -0.15) is 4.68 Å². The van der Waals surface area contributed by atoms with Crippen LogP contribution in [-0.2, 0) is 0 Å². The number of nitrogens with zero attached hydrogens (tertiary/aromatic N) is 3. The lowest BCUT2D eigenvalue weighted by Crippen LogP contribution is -2.44. The number of rotatable bonds is 7. The molecule has 1 saturated heterocycles. The van der Waals surface area contributed by atoms with Crippen molar-refractivity contribution >= 4 is 0 Å². The van der Waals surface area contributed by atoms with Gasteiger partial charge in [0.15, 0.2) is 11.6 Å². The van der Waals surface area contributed by atoms with E-state index >= 15 is 0 Å². The summed E-state index contributed by atoms with van der Waals surface area (Å²) in [6.07, 6.45) is -0.457. The monoisotopic (exact) mass is 418 g/mol. The van der Waals surface area contributed by atoms with Crippen molar-refractivity contribution in [2.24, 2.45) is 0 Å². The molecule has 1 aliphatic rings. The zero-order chi connectivity index (χ0) is 20.9. The number of ether oxygens (including phenoxy) is 2. The van der Waals surface area contributed by atoms with Gasteiger partial charge in [-0.25, -0.2) is 13.6 Å². The Labute approximate surface area is 170 Å². The molecule has 0 spiro atoms.